The number of benzene rings is 3. The Kier molecular flexibility index (Phi) is 5.53. The van der Waals surface area contributed by atoms with Crippen molar-refractivity contribution in [1.82, 2.24) is 9.97 Å². The summed E-state index contributed by atoms with van der Waals surface area (Å²) in [6, 6.07) is 23.8. The lowest BCUT2D eigenvalue weighted by Crippen LogP contribution is -2.42. The van der Waals surface area contributed by atoms with Gasteiger partial charge in [0, 0.05) is 6.20 Å². The number of methoxy groups -OCH3 is 1. The molecule has 1 N–H and O–H groups in total. The Morgan fingerprint density at radius 2 is 1.82 bits per heavy atom. The third-order valence-electron chi connectivity index (χ3n) is 6.34. The van der Waals surface area contributed by atoms with E-state index in [9.17, 15) is 4.79 Å². The molecule has 1 aliphatic rings. The van der Waals surface area contributed by atoms with Crippen molar-refractivity contribution < 1.29 is 14.3 Å². The molecule has 4 aromatic rings. The first kappa shape index (κ1) is 21.7. The van der Waals surface area contributed by atoms with Gasteiger partial charge >= 0.3 is 6.09 Å². The van der Waals surface area contributed by atoms with Gasteiger partial charge < -0.3 is 14.8 Å². The van der Waals surface area contributed by atoms with Gasteiger partial charge in [0.15, 0.2) is 0 Å². The Balaban J connectivity index is 1.41. The maximum Gasteiger partial charge on any atom is 0.416 e. The largest absolute Gasteiger partial charge is 0.497 e. The Morgan fingerprint density at radius 1 is 1.06 bits per heavy atom. The van der Waals surface area contributed by atoms with E-state index in [1.807, 2.05) is 55.5 Å². The number of amides is 1. The average Bonchev–Trinajstić information content (AvgIpc) is 3.19. The molecule has 34 heavy (non-hydrogen) atoms. The van der Waals surface area contributed by atoms with Crippen LogP contribution in [0.15, 0.2) is 79.0 Å². The third kappa shape index (κ3) is 3.90. The Bertz CT molecular complexity index is 1340. The molecular formula is C27H26N4O3. The van der Waals surface area contributed by atoms with Gasteiger partial charge in [0.1, 0.15) is 23.7 Å². The van der Waals surface area contributed by atoms with Crippen molar-refractivity contribution >= 4 is 28.6 Å². The lowest BCUT2D eigenvalue weighted by molar-refractivity contribution is 0.174. The van der Waals surface area contributed by atoms with Crippen LogP contribution in [0.25, 0.3) is 10.8 Å². The first-order chi connectivity index (χ1) is 16.5. The number of carbonyl (C=O) groups is 1. The van der Waals surface area contributed by atoms with Gasteiger partial charge in [-0.2, -0.15) is 4.98 Å². The highest BCUT2D eigenvalue weighted by molar-refractivity contribution is 5.91. The van der Waals surface area contributed by atoms with Crippen molar-refractivity contribution in [2.24, 2.45) is 0 Å². The fourth-order valence-corrected chi connectivity index (χ4v) is 4.35. The Morgan fingerprint density at radius 3 is 2.62 bits per heavy atom. The van der Waals surface area contributed by atoms with E-state index in [2.05, 4.69) is 40.4 Å². The van der Waals surface area contributed by atoms with Crippen LogP contribution >= 0.6 is 0 Å². The molecule has 7 heteroatoms. The van der Waals surface area contributed by atoms with Crippen molar-refractivity contribution in [2.45, 2.75) is 25.4 Å². The molecule has 1 aromatic heterocycles. The van der Waals surface area contributed by atoms with Gasteiger partial charge in [0.05, 0.1) is 13.2 Å². The predicted octanol–water partition coefficient (Wildman–Crippen LogP) is 5.68. The van der Waals surface area contributed by atoms with Crippen molar-refractivity contribution in [3.63, 3.8) is 0 Å². The van der Waals surface area contributed by atoms with Crippen molar-refractivity contribution in [3.05, 3.63) is 90.1 Å². The summed E-state index contributed by atoms with van der Waals surface area (Å²) in [7, 11) is 1.67. The molecule has 1 fully saturated rings. The second kappa shape index (κ2) is 8.67. The molecule has 1 aliphatic heterocycles. The van der Waals surface area contributed by atoms with E-state index < -0.39 is 11.6 Å². The summed E-state index contributed by atoms with van der Waals surface area (Å²) in [4.78, 5) is 23.4. The topological polar surface area (TPSA) is 76.6 Å². The van der Waals surface area contributed by atoms with Gasteiger partial charge in [-0.05, 0) is 60.0 Å². The van der Waals surface area contributed by atoms with E-state index in [-0.39, 0.29) is 12.6 Å². The minimum Gasteiger partial charge on any atom is -0.497 e. The number of nitrogens with zero attached hydrogens (tertiary/aromatic N) is 3. The maximum absolute atomic E-state index is 12.7. The molecule has 3 aromatic carbocycles. The molecule has 0 spiro atoms. The number of anilines is 2. The molecule has 1 saturated heterocycles. The summed E-state index contributed by atoms with van der Waals surface area (Å²) in [5.41, 5.74) is 1.42. The smallest absolute Gasteiger partial charge is 0.416 e. The molecule has 2 atom stereocenters. The van der Waals surface area contributed by atoms with E-state index >= 15 is 0 Å². The zero-order valence-electron chi connectivity index (χ0n) is 19.4. The number of nitrogens with one attached hydrogen (secondary N) is 1. The summed E-state index contributed by atoms with van der Waals surface area (Å²) < 4.78 is 10.8. The van der Waals surface area contributed by atoms with Crippen LogP contribution in [0.5, 0.6) is 5.75 Å². The molecule has 172 valence electrons. The van der Waals surface area contributed by atoms with Crippen LogP contribution in [0.1, 0.15) is 31.0 Å². The minimum absolute atomic E-state index is 0.0483. The molecule has 0 bridgehead atoms. The van der Waals surface area contributed by atoms with Crippen LogP contribution in [0, 0.1) is 0 Å². The van der Waals surface area contributed by atoms with Gasteiger partial charge in [0.25, 0.3) is 0 Å². The van der Waals surface area contributed by atoms with E-state index in [1.54, 1.807) is 24.3 Å². The summed E-state index contributed by atoms with van der Waals surface area (Å²) in [5, 5.41) is 5.60. The van der Waals surface area contributed by atoms with Crippen LogP contribution in [0.4, 0.5) is 16.6 Å². The number of carbonyl (C=O) groups excluding carboxylic acids is 1. The molecule has 2 heterocycles. The molecule has 5 rings (SSSR count). The monoisotopic (exact) mass is 454 g/mol. The van der Waals surface area contributed by atoms with Crippen LogP contribution in [0.3, 0.4) is 0 Å². The highest BCUT2D eigenvalue weighted by Gasteiger charge is 2.46. The zero-order valence-corrected chi connectivity index (χ0v) is 19.4. The van der Waals surface area contributed by atoms with Crippen LogP contribution in [-0.4, -0.2) is 29.8 Å². The van der Waals surface area contributed by atoms with Gasteiger partial charge in [-0.1, -0.05) is 48.5 Å². The second-order valence-electron chi connectivity index (χ2n) is 8.61. The first-order valence-electron chi connectivity index (χ1n) is 11.2. The van der Waals surface area contributed by atoms with Crippen LogP contribution < -0.4 is 15.0 Å². The highest BCUT2D eigenvalue weighted by atomic mass is 16.6. The fourth-order valence-electron chi connectivity index (χ4n) is 4.35. The summed E-state index contributed by atoms with van der Waals surface area (Å²) in [6.45, 7) is 4.29. The Hall–Kier alpha value is -4.13. The first-order valence-corrected chi connectivity index (χ1v) is 11.2. The SMILES string of the molecule is COc1ccc2cc([C@H](C)Nc3nccc(N4C(=O)OC[C@]4(C)c4ccccc4)n3)ccc2c1. The number of aromatic nitrogens is 2. The van der Waals surface area contributed by atoms with Gasteiger partial charge in [-0.15, -0.1) is 0 Å². The summed E-state index contributed by atoms with van der Waals surface area (Å²) in [6.07, 6.45) is 1.23. The molecule has 0 unspecified atom stereocenters. The number of fused-ring (bicyclic) bond motifs is 1. The molecule has 0 radical (unpaired) electrons. The minimum atomic E-state index is -0.658. The maximum atomic E-state index is 12.7. The predicted molar refractivity (Wildman–Crippen MR) is 132 cm³/mol. The van der Waals surface area contributed by atoms with E-state index in [4.69, 9.17) is 9.47 Å². The standard InChI is InChI=1S/C27H26N4O3/c1-18(19-9-10-21-16-23(33-3)12-11-20(21)15-19)29-25-28-14-13-24(30-25)31-26(32)34-17-27(31,2)22-7-5-4-6-8-22/h4-16,18H,17H2,1-3H3,(H,28,29,30)/t18-,27+/m0/s1. The molecule has 1 amide bonds. The van der Waals surface area contributed by atoms with E-state index in [0.717, 1.165) is 27.6 Å². The normalized spacial score (nSPS) is 18.6. The summed E-state index contributed by atoms with van der Waals surface area (Å²) >= 11 is 0. The molecule has 7 nitrogen and oxygen atoms in total. The number of cyclic esters (lactones) is 1. The average molecular weight is 455 g/mol. The van der Waals surface area contributed by atoms with E-state index in [1.165, 1.54) is 0 Å². The quantitative estimate of drug-likeness (QED) is 0.404. The van der Waals surface area contributed by atoms with Crippen molar-refractivity contribution in [1.29, 1.82) is 0 Å². The molecule has 0 aliphatic carbocycles. The van der Waals surface area contributed by atoms with Crippen molar-refractivity contribution in [3.8, 4) is 5.75 Å². The number of hydrogen-bond acceptors (Lipinski definition) is 6. The van der Waals surface area contributed by atoms with Gasteiger partial charge in [-0.25, -0.2) is 14.7 Å². The van der Waals surface area contributed by atoms with E-state index in [0.29, 0.717) is 11.8 Å². The third-order valence-corrected chi connectivity index (χ3v) is 6.34. The van der Waals surface area contributed by atoms with Crippen LogP contribution in [-0.2, 0) is 10.3 Å². The molecule has 0 saturated carbocycles. The lowest BCUT2D eigenvalue weighted by atomic mass is 9.92. The van der Waals surface area contributed by atoms with Gasteiger partial charge in [0.2, 0.25) is 5.95 Å². The van der Waals surface area contributed by atoms with Crippen LogP contribution in [0.2, 0.25) is 0 Å². The highest BCUT2D eigenvalue weighted by Crippen LogP contribution is 2.37. The lowest BCUT2D eigenvalue weighted by Gasteiger charge is -2.31. The number of rotatable bonds is 6. The Labute approximate surface area is 198 Å². The number of hydrogen-bond donors (Lipinski definition) is 1. The summed E-state index contributed by atoms with van der Waals surface area (Å²) in [5.74, 6) is 1.76. The van der Waals surface area contributed by atoms with Gasteiger partial charge in [-0.3, -0.25) is 0 Å². The molecular weight excluding hydrogens is 428 g/mol. The second-order valence-corrected chi connectivity index (χ2v) is 8.61. The van der Waals surface area contributed by atoms with Crippen molar-refractivity contribution in [2.75, 3.05) is 23.9 Å². The zero-order chi connectivity index (χ0) is 23.7. The number of ether oxygens (including phenoxy) is 2. The fraction of sp³-hybridized carbons (Fsp3) is 0.222.